The quantitative estimate of drug-likeness (QED) is 0.383. The maximum atomic E-state index is 13.3. The van der Waals surface area contributed by atoms with Gasteiger partial charge in [-0.2, -0.15) is 0 Å². The van der Waals surface area contributed by atoms with E-state index in [2.05, 4.69) is 5.32 Å². The average Bonchev–Trinajstić information content (AvgIpc) is 2.89. The van der Waals surface area contributed by atoms with Crippen LogP contribution in [0, 0.1) is 5.82 Å². The average molecular weight is 487 g/mol. The molecule has 0 aromatic heterocycles. The molecule has 0 fully saturated rings. The summed E-state index contributed by atoms with van der Waals surface area (Å²) in [6, 6.07) is 27.3. The van der Waals surface area contributed by atoms with Crippen molar-refractivity contribution in [3.8, 4) is 11.1 Å². The summed E-state index contributed by atoms with van der Waals surface area (Å²) < 4.78 is 41.2. The maximum Gasteiger partial charge on any atom is 0.264 e. The molecule has 1 N–H and O–H groups in total. The lowest BCUT2D eigenvalue weighted by molar-refractivity contribution is 0.102. The Morgan fingerprint density at radius 3 is 2.23 bits per heavy atom. The Bertz CT molecular complexity index is 1470. The predicted octanol–water partition coefficient (Wildman–Crippen LogP) is 5.89. The van der Waals surface area contributed by atoms with Crippen molar-refractivity contribution in [3.05, 3.63) is 114 Å². The third-order valence-corrected chi connectivity index (χ3v) is 7.90. The Morgan fingerprint density at radius 2 is 1.51 bits per heavy atom. The Hall–Kier alpha value is -3.97. The number of sulfonamides is 1. The van der Waals surface area contributed by atoms with Gasteiger partial charge in [-0.3, -0.25) is 9.10 Å². The first-order chi connectivity index (χ1) is 16.9. The van der Waals surface area contributed by atoms with Gasteiger partial charge in [0.15, 0.2) is 0 Å². The summed E-state index contributed by atoms with van der Waals surface area (Å²) in [5, 5.41) is 2.88. The van der Waals surface area contributed by atoms with Gasteiger partial charge in [-0.05, 0) is 78.1 Å². The zero-order chi connectivity index (χ0) is 24.4. The summed E-state index contributed by atoms with van der Waals surface area (Å²) in [6.45, 7) is 0.311. The number of amides is 1. The van der Waals surface area contributed by atoms with E-state index in [1.54, 1.807) is 24.3 Å². The molecule has 176 valence electrons. The molecular formula is C28H23FN2O3S. The molecule has 0 atom stereocenters. The molecule has 7 heteroatoms. The van der Waals surface area contributed by atoms with Crippen molar-refractivity contribution in [2.45, 2.75) is 17.7 Å². The molecule has 5 rings (SSSR count). The minimum Gasteiger partial charge on any atom is -0.322 e. The monoisotopic (exact) mass is 486 g/mol. The Morgan fingerprint density at radius 1 is 0.829 bits per heavy atom. The van der Waals surface area contributed by atoms with Crippen LogP contribution in [0.1, 0.15) is 22.3 Å². The lowest BCUT2D eigenvalue weighted by Crippen LogP contribution is -2.35. The number of aryl methyl sites for hydroxylation is 1. The number of nitrogens with one attached hydrogen (secondary N) is 1. The molecule has 35 heavy (non-hydrogen) atoms. The largest absolute Gasteiger partial charge is 0.322 e. The highest BCUT2D eigenvalue weighted by atomic mass is 32.2. The number of anilines is 2. The van der Waals surface area contributed by atoms with Crippen molar-refractivity contribution in [2.75, 3.05) is 16.2 Å². The molecule has 0 saturated heterocycles. The van der Waals surface area contributed by atoms with Crippen molar-refractivity contribution in [3.63, 3.8) is 0 Å². The number of nitrogens with zero attached hydrogens (tertiary/aromatic N) is 1. The summed E-state index contributed by atoms with van der Waals surface area (Å²) in [7, 11) is -3.87. The highest BCUT2D eigenvalue weighted by molar-refractivity contribution is 7.92. The fraction of sp³-hybridized carbons (Fsp3) is 0.107. The van der Waals surface area contributed by atoms with E-state index < -0.39 is 15.8 Å². The molecule has 1 amide bonds. The minimum atomic E-state index is -3.87. The van der Waals surface area contributed by atoms with Gasteiger partial charge < -0.3 is 5.32 Å². The summed E-state index contributed by atoms with van der Waals surface area (Å²) in [5.74, 6) is -0.780. The van der Waals surface area contributed by atoms with Gasteiger partial charge in [0.25, 0.3) is 15.9 Å². The van der Waals surface area contributed by atoms with E-state index in [4.69, 9.17) is 0 Å². The summed E-state index contributed by atoms with van der Waals surface area (Å²) >= 11 is 0. The van der Waals surface area contributed by atoms with Gasteiger partial charge in [-0.25, -0.2) is 12.8 Å². The minimum absolute atomic E-state index is 0.0275. The van der Waals surface area contributed by atoms with E-state index in [1.807, 2.05) is 48.5 Å². The summed E-state index contributed by atoms with van der Waals surface area (Å²) in [6.07, 6.45) is 1.41. The third kappa shape index (κ3) is 4.68. The molecule has 4 aromatic carbocycles. The van der Waals surface area contributed by atoms with Crippen LogP contribution in [0.3, 0.4) is 0 Å². The second kappa shape index (κ2) is 9.35. The van der Waals surface area contributed by atoms with Crippen LogP contribution in [0.4, 0.5) is 15.8 Å². The Balaban J connectivity index is 1.39. The second-order valence-corrected chi connectivity index (χ2v) is 10.2. The van der Waals surface area contributed by atoms with Crippen molar-refractivity contribution >= 4 is 27.3 Å². The number of rotatable bonds is 5. The van der Waals surface area contributed by atoms with Gasteiger partial charge in [0.2, 0.25) is 0 Å². The molecule has 5 nitrogen and oxygen atoms in total. The lowest BCUT2D eigenvalue weighted by atomic mass is 10.0. The maximum absolute atomic E-state index is 13.3. The first-order valence-corrected chi connectivity index (χ1v) is 12.7. The fourth-order valence-corrected chi connectivity index (χ4v) is 5.78. The van der Waals surface area contributed by atoms with Crippen molar-refractivity contribution < 1.29 is 17.6 Å². The Labute approximate surface area is 203 Å². The molecule has 1 heterocycles. The predicted molar refractivity (Wildman–Crippen MR) is 136 cm³/mol. The molecule has 0 aliphatic carbocycles. The molecule has 0 bridgehead atoms. The molecule has 4 aromatic rings. The molecule has 0 radical (unpaired) electrons. The zero-order valence-corrected chi connectivity index (χ0v) is 19.6. The van der Waals surface area contributed by atoms with Crippen LogP contribution in [-0.4, -0.2) is 20.9 Å². The van der Waals surface area contributed by atoms with Gasteiger partial charge >= 0.3 is 0 Å². The van der Waals surface area contributed by atoms with Gasteiger partial charge in [-0.15, -0.1) is 0 Å². The second-order valence-electron chi connectivity index (χ2n) is 8.38. The smallest absolute Gasteiger partial charge is 0.264 e. The molecule has 0 saturated carbocycles. The van der Waals surface area contributed by atoms with E-state index >= 15 is 0 Å². The molecule has 1 aliphatic heterocycles. The molecular weight excluding hydrogens is 463 g/mol. The summed E-state index contributed by atoms with van der Waals surface area (Å²) in [5.41, 5.74) is 4.49. The van der Waals surface area contributed by atoms with E-state index in [-0.39, 0.29) is 10.8 Å². The highest BCUT2D eigenvalue weighted by Crippen LogP contribution is 2.34. The van der Waals surface area contributed by atoms with Crippen LogP contribution in [0.2, 0.25) is 0 Å². The number of carbonyl (C=O) groups excluding carboxylic acids is 1. The zero-order valence-electron chi connectivity index (χ0n) is 18.8. The van der Waals surface area contributed by atoms with E-state index in [0.29, 0.717) is 29.9 Å². The van der Waals surface area contributed by atoms with Gasteiger partial charge in [0.1, 0.15) is 5.82 Å². The van der Waals surface area contributed by atoms with Crippen molar-refractivity contribution in [1.82, 2.24) is 0 Å². The van der Waals surface area contributed by atoms with Crippen LogP contribution < -0.4 is 9.62 Å². The fourth-order valence-electron chi connectivity index (χ4n) is 4.25. The molecule has 0 unspecified atom stereocenters. The van der Waals surface area contributed by atoms with Crippen LogP contribution in [0.25, 0.3) is 11.1 Å². The number of benzene rings is 4. The van der Waals surface area contributed by atoms with Gasteiger partial charge in [0, 0.05) is 17.8 Å². The standard InChI is InChI=1S/C28H23FN2O3S/c29-24-13-16-26(17-14-24)35(33,34)31-18-4-7-22-12-15-25(19-27(22)31)30-28(32)23-10-8-21(9-11-23)20-5-2-1-3-6-20/h1-3,5-6,8-17,19H,4,7,18H2,(H,30,32). The Kier molecular flexibility index (Phi) is 6.09. The van der Waals surface area contributed by atoms with E-state index in [0.717, 1.165) is 35.2 Å². The van der Waals surface area contributed by atoms with Crippen LogP contribution in [-0.2, 0) is 16.4 Å². The summed E-state index contributed by atoms with van der Waals surface area (Å²) in [4.78, 5) is 12.9. The van der Waals surface area contributed by atoms with E-state index in [1.165, 1.54) is 16.4 Å². The number of hydrogen-bond acceptors (Lipinski definition) is 3. The van der Waals surface area contributed by atoms with Crippen LogP contribution >= 0.6 is 0 Å². The molecule has 0 spiro atoms. The van der Waals surface area contributed by atoms with Crippen molar-refractivity contribution in [2.24, 2.45) is 0 Å². The first-order valence-electron chi connectivity index (χ1n) is 11.3. The lowest BCUT2D eigenvalue weighted by Gasteiger charge is -2.31. The number of carbonyl (C=O) groups is 1. The SMILES string of the molecule is O=C(Nc1ccc2c(c1)N(S(=O)(=O)c1ccc(F)cc1)CCC2)c1ccc(-c2ccccc2)cc1. The van der Waals surface area contributed by atoms with Crippen LogP contribution in [0.5, 0.6) is 0 Å². The van der Waals surface area contributed by atoms with Crippen molar-refractivity contribution in [1.29, 1.82) is 0 Å². The number of halogens is 1. The highest BCUT2D eigenvalue weighted by Gasteiger charge is 2.29. The van der Waals surface area contributed by atoms with E-state index in [9.17, 15) is 17.6 Å². The molecule has 1 aliphatic rings. The van der Waals surface area contributed by atoms with Crippen LogP contribution in [0.15, 0.2) is 102 Å². The van der Waals surface area contributed by atoms with Gasteiger partial charge in [-0.1, -0.05) is 48.5 Å². The first kappa shape index (κ1) is 22.8. The third-order valence-electron chi connectivity index (χ3n) is 6.08. The van der Waals surface area contributed by atoms with Gasteiger partial charge in [0.05, 0.1) is 10.6 Å². The number of hydrogen-bond donors (Lipinski definition) is 1. The number of fused-ring (bicyclic) bond motifs is 1. The topological polar surface area (TPSA) is 66.5 Å². The normalized spacial score (nSPS) is 13.2.